The molecule has 0 aromatic carbocycles. The molecule has 1 heterocycles. The average molecular weight is 439 g/mol. The van der Waals surface area contributed by atoms with Crippen LogP contribution in [0.2, 0.25) is 0 Å². The summed E-state index contributed by atoms with van der Waals surface area (Å²) in [7, 11) is 1.84. The molecule has 0 spiro atoms. The van der Waals surface area contributed by atoms with Gasteiger partial charge in [-0.2, -0.15) is 0 Å². The van der Waals surface area contributed by atoms with Crippen molar-refractivity contribution < 1.29 is 9.47 Å². The summed E-state index contributed by atoms with van der Waals surface area (Å²) in [6.07, 6.45) is 7.80. The monoisotopic (exact) mass is 439 g/mol. The lowest BCUT2D eigenvalue weighted by Crippen LogP contribution is -2.41. The Hall–Kier alpha value is -0.0800. The van der Waals surface area contributed by atoms with Crippen LogP contribution < -0.4 is 10.6 Å². The van der Waals surface area contributed by atoms with Crippen molar-refractivity contribution in [1.82, 2.24) is 10.6 Å². The van der Waals surface area contributed by atoms with E-state index >= 15 is 0 Å². The molecule has 136 valence electrons. The van der Waals surface area contributed by atoms with E-state index in [1.54, 1.807) is 0 Å². The van der Waals surface area contributed by atoms with E-state index < -0.39 is 0 Å². The highest BCUT2D eigenvalue weighted by molar-refractivity contribution is 14.0. The Morgan fingerprint density at radius 1 is 1.17 bits per heavy atom. The number of ether oxygens (including phenoxy) is 2. The van der Waals surface area contributed by atoms with E-state index in [0.29, 0.717) is 6.10 Å². The van der Waals surface area contributed by atoms with Gasteiger partial charge in [0.1, 0.15) is 0 Å². The van der Waals surface area contributed by atoms with Gasteiger partial charge in [0.25, 0.3) is 0 Å². The van der Waals surface area contributed by atoms with Crippen LogP contribution in [0.5, 0.6) is 0 Å². The first kappa shape index (κ1) is 21.0. The second kappa shape index (κ2) is 12.3. The van der Waals surface area contributed by atoms with E-state index in [0.717, 1.165) is 63.5 Å². The molecule has 2 N–H and O–H groups in total. The molecular formula is C17H34IN3O2. The highest BCUT2D eigenvalue weighted by Gasteiger charge is 2.18. The van der Waals surface area contributed by atoms with E-state index in [1.165, 1.54) is 25.7 Å². The zero-order valence-corrected chi connectivity index (χ0v) is 17.0. The highest BCUT2D eigenvalue weighted by atomic mass is 127. The summed E-state index contributed by atoms with van der Waals surface area (Å²) in [4.78, 5) is 4.30. The third kappa shape index (κ3) is 8.54. The second-order valence-electron chi connectivity index (χ2n) is 6.72. The van der Waals surface area contributed by atoms with Gasteiger partial charge >= 0.3 is 0 Å². The summed E-state index contributed by atoms with van der Waals surface area (Å²) in [5, 5.41) is 6.83. The maximum atomic E-state index is 5.76. The highest BCUT2D eigenvalue weighted by Crippen LogP contribution is 2.27. The lowest BCUT2D eigenvalue weighted by molar-refractivity contribution is 0.0420. The number of aliphatic imine (C=N–C) groups is 1. The first-order valence-corrected chi connectivity index (χ1v) is 8.91. The Bertz CT molecular complexity index is 328. The summed E-state index contributed by atoms with van der Waals surface area (Å²) in [5.41, 5.74) is 0. The number of nitrogens with zero attached hydrogens (tertiary/aromatic N) is 1. The molecule has 2 rings (SSSR count). The molecule has 0 bridgehead atoms. The fourth-order valence-corrected chi connectivity index (χ4v) is 3.17. The van der Waals surface area contributed by atoms with Crippen molar-refractivity contribution in [3.05, 3.63) is 0 Å². The molecule has 1 atom stereocenters. The average Bonchev–Trinajstić information content (AvgIpc) is 3.05. The summed E-state index contributed by atoms with van der Waals surface area (Å²) in [6.45, 7) is 6.70. The predicted octanol–water partition coefficient (Wildman–Crippen LogP) is 2.79. The summed E-state index contributed by atoms with van der Waals surface area (Å²) >= 11 is 0. The molecule has 2 aliphatic rings. The van der Waals surface area contributed by atoms with Gasteiger partial charge in [0.15, 0.2) is 5.96 Å². The molecule has 5 nitrogen and oxygen atoms in total. The molecule has 1 unspecified atom stereocenters. The molecule has 2 fully saturated rings. The van der Waals surface area contributed by atoms with Crippen molar-refractivity contribution in [2.45, 2.75) is 51.6 Å². The Kier molecular flexibility index (Phi) is 11.2. The van der Waals surface area contributed by atoms with Crippen LogP contribution in [-0.4, -0.2) is 52.0 Å². The zero-order chi connectivity index (χ0) is 15.6. The van der Waals surface area contributed by atoms with Crippen LogP contribution >= 0.6 is 24.0 Å². The Morgan fingerprint density at radius 2 is 1.96 bits per heavy atom. The van der Waals surface area contributed by atoms with E-state index in [9.17, 15) is 0 Å². The quantitative estimate of drug-likeness (QED) is 0.277. The van der Waals surface area contributed by atoms with Gasteiger partial charge in [-0.05, 0) is 37.5 Å². The van der Waals surface area contributed by atoms with Crippen molar-refractivity contribution in [2.24, 2.45) is 16.8 Å². The van der Waals surface area contributed by atoms with Crippen molar-refractivity contribution in [1.29, 1.82) is 0 Å². The normalized spacial score (nSPS) is 28.3. The molecule has 6 heteroatoms. The minimum Gasteiger partial charge on any atom is -0.379 e. The Balaban J connectivity index is 0.00000264. The molecule has 1 aliphatic carbocycles. The Morgan fingerprint density at radius 3 is 2.61 bits per heavy atom. The van der Waals surface area contributed by atoms with Gasteiger partial charge in [-0.25, -0.2) is 0 Å². The minimum absolute atomic E-state index is 0. The van der Waals surface area contributed by atoms with Crippen LogP contribution in [-0.2, 0) is 9.47 Å². The van der Waals surface area contributed by atoms with Crippen molar-refractivity contribution in [3.8, 4) is 0 Å². The van der Waals surface area contributed by atoms with Crippen molar-refractivity contribution in [3.63, 3.8) is 0 Å². The third-order valence-corrected chi connectivity index (χ3v) is 4.77. The fourth-order valence-electron chi connectivity index (χ4n) is 3.17. The number of hydrogen-bond donors (Lipinski definition) is 2. The molecule has 0 aromatic heterocycles. The third-order valence-electron chi connectivity index (χ3n) is 4.77. The Labute approximate surface area is 158 Å². The standard InChI is InChI=1S/C17H33N3O2.HI/c1-14-4-6-15(7-5-14)12-20-17(18-2)19-9-3-10-22-16-8-11-21-13-16;/h14-16H,3-13H2,1-2H3,(H2,18,19,20);1H. The number of hydrogen-bond acceptors (Lipinski definition) is 3. The molecule has 0 amide bonds. The number of guanidine groups is 1. The van der Waals surface area contributed by atoms with Gasteiger partial charge in [-0.15, -0.1) is 24.0 Å². The van der Waals surface area contributed by atoms with Crippen LogP contribution in [0.3, 0.4) is 0 Å². The van der Waals surface area contributed by atoms with Gasteiger partial charge in [-0.1, -0.05) is 19.8 Å². The SMILES string of the molecule is CN=C(NCCCOC1CCOC1)NCC1CCC(C)CC1.I. The second-order valence-corrected chi connectivity index (χ2v) is 6.72. The summed E-state index contributed by atoms with van der Waals surface area (Å²) < 4.78 is 11.1. The van der Waals surface area contributed by atoms with Crippen LogP contribution in [0, 0.1) is 11.8 Å². The molecule has 23 heavy (non-hydrogen) atoms. The van der Waals surface area contributed by atoms with E-state index in [1.807, 2.05) is 7.05 Å². The van der Waals surface area contributed by atoms with Crippen molar-refractivity contribution >= 4 is 29.9 Å². The van der Waals surface area contributed by atoms with Gasteiger partial charge < -0.3 is 20.1 Å². The van der Waals surface area contributed by atoms with Crippen LogP contribution in [0.4, 0.5) is 0 Å². The first-order chi connectivity index (χ1) is 10.8. The van der Waals surface area contributed by atoms with E-state index in [2.05, 4.69) is 22.5 Å². The minimum atomic E-state index is 0. The molecule has 1 aliphatic heterocycles. The number of nitrogens with one attached hydrogen (secondary N) is 2. The smallest absolute Gasteiger partial charge is 0.190 e. The molecule has 1 saturated heterocycles. The van der Waals surface area contributed by atoms with E-state index in [-0.39, 0.29) is 24.0 Å². The summed E-state index contributed by atoms with van der Waals surface area (Å²) in [5.74, 6) is 2.64. The van der Waals surface area contributed by atoms with Gasteiger partial charge in [-0.3, -0.25) is 4.99 Å². The van der Waals surface area contributed by atoms with Crippen LogP contribution in [0.15, 0.2) is 4.99 Å². The predicted molar refractivity (Wildman–Crippen MR) is 106 cm³/mol. The topological polar surface area (TPSA) is 54.9 Å². The number of rotatable bonds is 7. The van der Waals surface area contributed by atoms with Crippen LogP contribution in [0.1, 0.15) is 45.4 Å². The largest absolute Gasteiger partial charge is 0.379 e. The fraction of sp³-hybridized carbons (Fsp3) is 0.941. The lowest BCUT2D eigenvalue weighted by atomic mass is 9.83. The van der Waals surface area contributed by atoms with Gasteiger partial charge in [0, 0.05) is 33.4 Å². The van der Waals surface area contributed by atoms with Gasteiger partial charge in [0.05, 0.1) is 12.7 Å². The molecule has 0 radical (unpaired) electrons. The van der Waals surface area contributed by atoms with Crippen LogP contribution in [0.25, 0.3) is 0 Å². The van der Waals surface area contributed by atoms with Gasteiger partial charge in [0.2, 0.25) is 0 Å². The van der Waals surface area contributed by atoms with Crippen molar-refractivity contribution in [2.75, 3.05) is 40.0 Å². The zero-order valence-electron chi connectivity index (χ0n) is 14.7. The molecule has 0 aromatic rings. The molecular weight excluding hydrogens is 405 g/mol. The maximum Gasteiger partial charge on any atom is 0.190 e. The summed E-state index contributed by atoms with van der Waals surface area (Å²) in [6, 6.07) is 0. The lowest BCUT2D eigenvalue weighted by Gasteiger charge is -2.26. The van der Waals surface area contributed by atoms with E-state index in [4.69, 9.17) is 9.47 Å². The molecule has 1 saturated carbocycles. The first-order valence-electron chi connectivity index (χ1n) is 8.91. The number of halogens is 1. The maximum absolute atomic E-state index is 5.76.